The molecule has 0 bridgehead atoms. The summed E-state index contributed by atoms with van der Waals surface area (Å²) < 4.78 is 32.9. The van der Waals surface area contributed by atoms with Gasteiger partial charge >= 0.3 is 5.97 Å². The van der Waals surface area contributed by atoms with Crippen LogP contribution >= 0.6 is 27.5 Å². The Morgan fingerprint density at radius 2 is 1.91 bits per heavy atom. The number of halogens is 2. The van der Waals surface area contributed by atoms with Gasteiger partial charge in [0.2, 0.25) is 0 Å². The van der Waals surface area contributed by atoms with Crippen molar-refractivity contribution >= 4 is 49.2 Å². The Labute approximate surface area is 147 Å². The van der Waals surface area contributed by atoms with Crippen molar-refractivity contribution in [3.8, 4) is 0 Å². The summed E-state index contributed by atoms with van der Waals surface area (Å²) in [6, 6.07) is 8.96. The van der Waals surface area contributed by atoms with Crippen molar-refractivity contribution in [3.05, 3.63) is 57.0 Å². The summed E-state index contributed by atoms with van der Waals surface area (Å²) in [7, 11) is -2.73. The van der Waals surface area contributed by atoms with Gasteiger partial charge in [0.15, 0.2) is 0 Å². The third-order valence-corrected chi connectivity index (χ3v) is 5.80. The molecule has 2 aromatic rings. The van der Waals surface area contributed by atoms with Crippen molar-refractivity contribution in [2.75, 3.05) is 11.8 Å². The minimum Gasteiger partial charge on any atom is -0.465 e. The number of hydrogen-bond donors (Lipinski definition) is 1. The fourth-order valence-corrected chi connectivity index (χ4v) is 3.70. The molecule has 0 radical (unpaired) electrons. The lowest BCUT2D eigenvalue weighted by Gasteiger charge is -2.11. The van der Waals surface area contributed by atoms with Crippen LogP contribution in [0.3, 0.4) is 0 Å². The van der Waals surface area contributed by atoms with E-state index in [0.717, 1.165) is 10.0 Å². The number of ether oxygens (including phenoxy) is 1. The number of hydrogen-bond acceptors (Lipinski definition) is 4. The maximum Gasteiger partial charge on any atom is 0.337 e. The Morgan fingerprint density at radius 3 is 2.52 bits per heavy atom. The quantitative estimate of drug-likeness (QED) is 0.762. The Kier molecular flexibility index (Phi) is 5.33. The van der Waals surface area contributed by atoms with Crippen LogP contribution in [0.5, 0.6) is 0 Å². The molecule has 0 heterocycles. The number of carbonyl (C=O) groups is 1. The molecule has 0 amide bonds. The van der Waals surface area contributed by atoms with Crippen molar-refractivity contribution in [2.24, 2.45) is 0 Å². The van der Waals surface area contributed by atoms with Gasteiger partial charge < -0.3 is 4.74 Å². The lowest BCUT2D eigenvalue weighted by molar-refractivity contribution is 0.0600. The molecule has 2 aromatic carbocycles. The first kappa shape index (κ1) is 17.8. The van der Waals surface area contributed by atoms with Crippen LogP contribution in [0.25, 0.3) is 0 Å². The van der Waals surface area contributed by atoms with Gasteiger partial charge in [-0.05, 0) is 48.9 Å². The molecule has 0 fully saturated rings. The number of benzene rings is 2. The summed E-state index contributed by atoms with van der Waals surface area (Å²) in [5.41, 5.74) is 1.37. The monoisotopic (exact) mass is 417 g/mol. The van der Waals surface area contributed by atoms with Crippen molar-refractivity contribution in [1.29, 1.82) is 0 Å². The molecule has 0 aromatic heterocycles. The molecule has 0 saturated carbocycles. The van der Waals surface area contributed by atoms with Gasteiger partial charge in [-0.25, -0.2) is 13.2 Å². The van der Waals surface area contributed by atoms with Gasteiger partial charge in [-0.2, -0.15) is 0 Å². The molecule has 0 saturated heterocycles. The Balaban J connectivity index is 2.42. The van der Waals surface area contributed by atoms with Crippen LogP contribution in [0.1, 0.15) is 15.9 Å². The molecule has 8 heteroatoms. The fraction of sp³-hybridized carbons (Fsp3) is 0.133. The molecule has 0 atom stereocenters. The van der Waals surface area contributed by atoms with Gasteiger partial charge in [0.25, 0.3) is 10.0 Å². The zero-order valence-corrected chi connectivity index (χ0v) is 15.4. The maximum atomic E-state index is 12.5. The summed E-state index contributed by atoms with van der Waals surface area (Å²) in [5.74, 6) is -0.641. The summed E-state index contributed by atoms with van der Waals surface area (Å²) in [6.45, 7) is 1.84. The Bertz CT molecular complexity index is 868. The fourth-order valence-electron chi connectivity index (χ4n) is 1.87. The number of aryl methyl sites for hydroxylation is 1. The number of carbonyl (C=O) groups excluding carboxylic acids is 1. The highest BCUT2D eigenvalue weighted by molar-refractivity contribution is 9.10. The zero-order valence-electron chi connectivity index (χ0n) is 12.3. The van der Waals surface area contributed by atoms with Gasteiger partial charge in [-0.3, -0.25) is 4.72 Å². The number of methoxy groups -OCH3 is 1. The first-order chi connectivity index (χ1) is 10.7. The average Bonchev–Trinajstić information content (AvgIpc) is 2.50. The second-order valence-corrected chi connectivity index (χ2v) is 7.62. The van der Waals surface area contributed by atoms with E-state index >= 15 is 0 Å². The normalized spacial score (nSPS) is 11.1. The van der Waals surface area contributed by atoms with E-state index in [-0.39, 0.29) is 15.5 Å². The summed E-state index contributed by atoms with van der Waals surface area (Å²) in [6.07, 6.45) is 0. The van der Waals surface area contributed by atoms with Gasteiger partial charge in [-0.15, -0.1) is 0 Å². The maximum absolute atomic E-state index is 12.5. The molecular weight excluding hydrogens is 406 g/mol. The Hall–Kier alpha value is -1.57. The minimum atomic E-state index is -3.94. The molecule has 2 rings (SSSR count). The molecule has 0 unspecified atom stereocenters. The topological polar surface area (TPSA) is 72.5 Å². The molecule has 0 aliphatic carbocycles. The predicted octanol–water partition coefficient (Wildman–Crippen LogP) is 4.00. The SMILES string of the molecule is COC(=O)c1ccc(Cl)c(S(=O)(=O)Nc2ccc(Br)c(C)c2)c1. The summed E-state index contributed by atoms with van der Waals surface area (Å²) >= 11 is 9.32. The molecule has 0 aliphatic heterocycles. The third-order valence-electron chi connectivity index (χ3n) is 3.05. The van der Waals surface area contributed by atoms with Crippen LogP contribution in [0.15, 0.2) is 45.8 Å². The molecule has 1 N–H and O–H groups in total. The summed E-state index contributed by atoms with van der Waals surface area (Å²) in [4.78, 5) is 11.4. The first-order valence-corrected chi connectivity index (χ1v) is 9.07. The molecule has 23 heavy (non-hydrogen) atoms. The highest BCUT2D eigenvalue weighted by Gasteiger charge is 2.21. The van der Waals surface area contributed by atoms with E-state index in [2.05, 4.69) is 25.4 Å². The van der Waals surface area contributed by atoms with Crippen molar-refractivity contribution < 1.29 is 17.9 Å². The second kappa shape index (κ2) is 6.90. The first-order valence-electron chi connectivity index (χ1n) is 6.41. The van der Waals surface area contributed by atoms with Crippen molar-refractivity contribution in [2.45, 2.75) is 11.8 Å². The molecule has 122 valence electrons. The highest BCUT2D eigenvalue weighted by Crippen LogP contribution is 2.27. The number of sulfonamides is 1. The van der Waals surface area contributed by atoms with E-state index < -0.39 is 16.0 Å². The second-order valence-electron chi connectivity index (χ2n) is 4.71. The van der Waals surface area contributed by atoms with Crippen LogP contribution in [-0.2, 0) is 14.8 Å². The van der Waals surface area contributed by atoms with Crippen molar-refractivity contribution in [3.63, 3.8) is 0 Å². The van der Waals surface area contributed by atoms with Gasteiger partial charge in [-0.1, -0.05) is 27.5 Å². The van der Waals surface area contributed by atoms with Gasteiger partial charge in [0, 0.05) is 10.2 Å². The lowest BCUT2D eigenvalue weighted by Crippen LogP contribution is -2.14. The number of esters is 1. The van der Waals surface area contributed by atoms with Crippen LogP contribution in [-0.4, -0.2) is 21.5 Å². The van der Waals surface area contributed by atoms with Crippen LogP contribution in [0.2, 0.25) is 5.02 Å². The van der Waals surface area contributed by atoms with Crippen LogP contribution in [0, 0.1) is 6.92 Å². The van der Waals surface area contributed by atoms with Gasteiger partial charge in [0.1, 0.15) is 4.90 Å². The largest absolute Gasteiger partial charge is 0.465 e. The predicted molar refractivity (Wildman–Crippen MR) is 92.5 cm³/mol. The molecule has 0 aliphatic rings. The van der Waals surface area contributed by atoms with Crippen LogP contribution in [0.4, 0.5) is 5.69 Å². The highest BCUT2D eigenvalue weighted by atomic mass is 79.9. The van der Waals surface area contributed by atoms with E-state index in [1.54, 1.807) is 18.2 Å². The average molecular weight is 419 g/mol. The molecular formula is C15H13BrClNO4S. The van der Waals surface area contributed by atoms with E-state index in [4.69, 9.17) is 11.6 Å². The zero-order chi connectivity index (χ0) is 17.2. The Morgan fingerprint density at radius 1 is 1.22 bits per heavy atom. The van der Waals surface area contributed by atoms with E-state index in [0.29, 0.717) is 5.69 Å². The number of nitrogens with one attached hydrogen (secondary N) is 1. The standard InChI is InChI=1S/C15H13BrClNO4S/c1-9-7-11(4-5-12(9)16)18-23(20,21)14-8-10(15(19)22-2)3-6-13(14)17/h3-8,18H,1-2H3. The van der Waals surface area contributed by atoms with E-state index in [1.165, 1.54) is 25.3 Å². The molecule has 0 spiro atoms. The number of anilines is 1. The number of rotatable bonds is 4. The van der Waals surface area contributed by atoms with Crippen LogP contribution < -0.4 is 4.72 Å². The minimum absolute atomic E-state index is 0.0130. The third kappa shape index (κ3) is 4.04. The van der Waals surface area contributed by atoms with Gasteiger partial charge in [0.05, 0.1) is 17.7 Å². The molecule has 5 nitrogen and oxygen atoms in total. The van der Waals surface area contributed by atoms with E-state index in [1.807, 2.05) is 6.92 Å². The summed E-state index contributed by atoms with van der Waals surface area (Å²) in [5, 5.41) is 0.0130. The van der Waals surface area contributed by atoms with E-state index in [9.17, 15) is 13.2 Å². The van der Waals surface area contributed by atoms with Crippen molar-refractivity contribution in [1.82, 2.24) is 0 Å². The smallest absolute Gasteiger partial charge is 0.337 e. The lowest BCUT2D eigenvalue weighted by atomic mass is 10.2.